The smallest absolute Gasteiger partial charge is 0.278 e. The second-order valence-corrected chi connectivity index (χ2v) is 19.6. The van der Waals surface area contributed by atoms with E-state index < -0.39 is 17.5 Å². The summed E-state index contributed by atoms with van der Waals surface area (Å²) in [4.78, 5) is 70.7. The molecule has 348 valence electrons. The molecule has 1 atom stereocenters. The van der Waals surface area contributed by atoms with Gasteiger partial charge in [0.2, 0.25) is 11.8 Å². The number of nitrogens with one attached hydrogen (secondary N) is 4. The van der Waals surface area contributed by atoms with Crippen LogP contribution in [-0.4, -0.2) is 126 Å². The van der Waals surface area contributed by atoms with E-state index in [1.807, 2.05) is 24.3 Å². The van der Waals surface area contributed by atoms with E-state index in [2.05, 4.69) is 80.0 Å². The Labute approximate surface area is 389 Å². The molecule has 4 heterocycles. The third-order valence-corrected chi connectivity index (χ3v) is 14.2. The number of nitrogens with zero attached hydrogens (tertiary/aromatic N) is 7. The highest BCUT2D eigenvalue weighted by Crippen LogP contribution is 2.55. The van der Waals surface area contributed by atoms with E-state index in [-0.39, 0.29) is 65.5 Å². The zero-order chi connectivity index (χ0) is 46.8. The maximum atomic E-state index is 13.5. The van der Waals surface area contributed by atoms with E-state index in [1.54, 1.807) is 36.4 Å². The molecule has 1 aromatic heterocycles. The number of nitriles is 1. The number of hydrogen-bond acceptors (Lipinski definition) is 13. The summed E-state index contributed by atoms with van der Waals surface area (Å²) >= 11 is 6.26. The van der Waals surface area contributed by atoms with E-state index in [0.29, 0.717) is 45.6 Å². The first-order valence-electron chi connectivity index (χ1n) is 22.8. The molecular weight excluding hydrogens is 862 g/mol. The number of rotatable bonds is 14. The molecule has 8 rings (SSSR count). The number of likely N-dealkylation sites (tertiary alicyclic amines) is 1. The van der Waals surface area contributed by atoms with Crippen LogP contribution >= 0.6 is 11.6 Å². The molecule has 4 aromatic rings. The Morgan fingerprint density at radius 3 is 2.32 bits per heavy atom. The second kappa shape index (κ2) is 19.4. The molecule has 3 aliphatic heterocycles. The van der Waals surface area contributed by atoms with Crippen LogP contribution in [0.15, 0.2) is 65.5 Å². The maximum Gasteiger partial charge on any atom is 0.278 e. The summed E-state index contributed by atoms with van der Waals surface area (Å²) in [5.74, 6) is 0.000573. The number of amides is 4. The monoisotopic (exact) mass is 919 g/mol. The number of carbonyl (C=O) groups is 4. The maximum absolute atomic E-state index is 13.5. The number of ether oxygens (including phenoxy) is 1. The van der Waals surface area contributed by atoms with E-state index in [0.717, 1.165) is 75.6 Å². The van der Waals surface area contributed by atoms with Crippen molar-refractivity contribution in [2.24, 2.45) is 16.7 Å². The molecule has 3 saturated heterocycles. The number of carbonyl (C=O) groups excluding carboxylic acids is 4. The third-order valence-electron chi connectivity index (χ3n) is 13.9. The van der Waals surface area contributed by atoms with Crippen LogP contribution < -0.4 is 36.5 Å². The van der Waals surface area contributed by atoms with Crippen LogP contribution in [-0.2, 0) is 14.4 Å². The number of halogens is 1. The zero-order valence-electron chi connectivity index (χ0n) is 37.9. The van der Waals surface area contributed by atoms with Crippen LogP contribution in [0.2, 0.25) is 5.02 Å². The molecule has 3 aromatic carbocycles. The highest BCUT2D eigenvalue weighted by Gasteiger charge is 2.64. The molecule has 18 heteroatoms. The fourth-order valence-corrected chi connectivity index (χ4v) is 10.7. The van der Waals surface area contributed by atoms with Crippen molar-refractivity contribution in [2.75, 3.05) is 75.7 Å². The third kappa shape index (κ3) is 10.0. The molecule has 1 unspecified atom stereocenters. The Morgan fingerprint density at radius 1 is 0.909 bits per heavy atom. The molecule has 0 radical (unpaired) electrons. The average molecular weight is 921 g/mol. The molecule has 0 spiro atoms. The normalized spacial score (nSPS) is 22.2. The Morgan fingerprint density at radius 2 is 1.64 bits per heavy atom. The Bertz CT molecular complexity index is 2560. The lowest BCUT2D eigenvalue weighted by atomic mass is 9.49. The molecule has 1 aliphatic carbocycles. The number of fused-ring (bicyclic) bond motifs is 1. The van der Waals surface area contributed by atoms with Crippen molar-refractivity contribution in [1.29, 1.82) is 5.26 Å². The Hall–Kier alpha value is -6.09. The van der Waals surface area contributed by atoms with Gasteiger partial charge < -0.3 is 30.5 Å². The van der Waals surface area contributed by atoms with Gasteiger partial charge in [-0.2, -0.15) is 9.94 Å². The molecule has 0 bridgehead atoms. The number of imide groups is 1. The van der Waals surface area contributed by atoms with E-state index in [1.165, 1.54) is 0 Å². The van der Waals surface area contributed by atoms with Gasteiger partial charge >= 0.3 is 0 Å². The fourth-order valence-electron chi connectivity index (χ4n) is 10.5. The topological polar surface area (TPSA) is 207 Å². The number of piperazine rings is 1. The second-order valence-electron chi connectivity index (χ2n) is 19.2. The molecule has 17 nitrogen and oxygen atoms in total. The zero-order valence-corrected chi connectivity index (χ0v) is 38.7. The van der Waals surface area contributed by atoms with E-state index in [4.69, 9.17) is 16.3 Å². The van der Waals surface area contributed by atoms with Crippen molar-refractivity contribution in [3.8, 4) is 11.8 Å². The molecule has 4 aliphatic rings. The first kappa shape index (κ1) is 46.4. The summed E-state index contributed by atoms with van der Waals surface area (Å²) < 4.78 is 7.40. The quantitative estimate of drug-likeness (QED) is 0.132. The van der Waals surface area contributed by atoms with Crippen LogP contribution in [0, 0.1) is 28.1 Å². The predicted molar refractivity (Wildman–Crippen MR) is 250 cm³/mol. The highest BCUT2D eigenvalue weighted by molar-refractivity contribution is 6.31. The first-order valence-corrected chi connectivity index (χ1v) is 23.2. The van der Waals surface area contributed by atoms with Gasteiger partial charge in [0.05, 0.1) is 22.5 Å². The summed E-state index contributed by atoms with van der Waals surface area (Å²) in [5, 5.41) is 29.4. The number of aromatic nitrogens is 3. The van der Waals surface area contributed by atoms with Gasteiger partial charge in [-0.15, -0.1) is 5.10 Å². The van der Waals surface area contributed by atoms with Gasteiger partial charge in [0.1, 0.15) is 29.5 Å². The van der Waals surface area contributed by atoms with Crippen molar-refractivity contribution in [3.05, 3.63) is 87.2 Å². The minimum atomic E-state index is -0.911. The summed E-state index contributed by atoms with van der Waals surface area (Å²) in [7, 11) is 0. The fraction of sp³-hybridized carbons (Fsp3) is 0.500. The van der Waals surface area contributed by atoms with Crippen LogP contribution in [0.3, 0.4) is 0 Å². The van der Waals surface area contributed by atoms with Crippen molar-refractivity contribution >= 4 is 57.5 Å². The number of piperidine rings is 2. The molecular formula is C48H58ClN11O6. The largest absolute Gasteiger partial charge is 0.489 e. The standard InChI is InChI=1S/C48H58ClN11O6/c1-47(2)45(48(3,4)46(47)66-35-11-7-32(27-50)37(49)26-35)54-42(63)31-5-9-34(10-6-31)59-23-21-58(22-24-59)29-30-15-18-57(19-16-30)20-17-51-41(62)28-52-33-8-12-38-36(25-33)44(65)60(56-55-38)39-13-14-40(61)53-43(39)64/h5-12,25-26,30,39,45-46,52H,13-24,28-29H2,1-4H3,(H,51,62)(H,54,63)(H,53,61,64)/t39?,45-,46-. The average Bonchev–Trinajstić information content (AvgIpc) is 3.30. The van der Waals surface area contributed by atoms with Gasteiger partial charge in [-0.25, -0.2) is 0 Å². The lowest BCUT2D eigenvalue weighted by molar-refractivity contribution is -0.164. The molecule has 66 heavy (non-hydrogen) atoms. The van der Waals surface area contributed by atoms with Gasteiger partial charge in [0.15, 0.2) is 0 Å². The van der Waals surface area contributed by atoms with Gasteiger partial charge in [0.25, 0.3) is 17.4 Å². The van der Waals surface area contributed by atoms with Gasteiger partial charge in [-0.3, -0.25) is 34.2 Å². The summed E-state index contributed by atoms with van der Waals surface area (Å²) in [5.41, 5.74) is 1.87. The first-order chi connectivity index (χ1) is 31.6. The lowest BCUT2D eigenvalue weighted by Crippen LogP contribution is -2.74. The van der Waals surface area contributed by atoms with Gasteiger partial charge in [-0.1, -0.05) is 44.5 Å². The molecule has 4 N–H and O–H groups in total. The van der Waals surface area contributed by atoms with Crippen LogP contribution in [0.25, 0.3) is 10.9 Å². The number of benzene rings is 3. The SMILES string of the molecule is CC1(C)[C@H](NC(=O)c2ccc(N3CCN(CC4CCN(CCNC(=O)CNc5ccc6nnn(C7CCC(=O)NC7=O)c(=O)c6c5)CC4)CC3)cc2)C(C)(C)[C@H]1Oc1ccc(C#N)c(Cl)c1. The Kier molecular flexibility index (Phi) is 13.7. The van der Waals surface area contributed by atoms with Gasteiger partial charge in [-0.05, 0) is 92.9 Å². The van der Waals surface area contributed by atoms with Crippen molar-refractivity contribution < 1.29 is 23.9 Å². The van der Waals surface area contributed by atoms with Crippen LogP contribution in [0.4, 0.5) is 11.4 Å². The number of hydrogen-bond donors (Lipinski definition) is 4. The number of anilines is 2. The predicted octanol–water partition coefficient (Wildman–Crippen LogP) is 3.97. The van der Waals surface area contributed by atoms with E-state index >= 15 is 0 Å². The minimum absolute atomic E-state index is 0.0269. The minimum Gasteiger partial charge on any atom is -0.489 e. The molecule has 4 amide bonds. The van der Waals surface area contributed by atoms with Crippen LogP contribution in [0.5, 0.6) is 5.75 Å². The van der Waals surface area contributed by atoms with Crippen LogP contribution in [0.1, 0.15) is 75.3 Å². The van der Waals surface area contributed by atoms with Crippen molar-refractivity contribution in [3.63, 3.8) is 0 Å². The Balaban J connectivity index is 0.716. The molecule has 4 fully saturated rings. The molecule has 1 saturated carbocycles. The summed E-state index contributed by atoms with van der Waals surface area (Å²) in [6, 6.07) is 19.0. The van der Waals surface area contributed by atoms with Crippen molar-refractivity contribution in [1.82, 2.24) is 40.7 Å². The summed E-state index contributed by atoms with van der Waals surface area (Å²) in [6.07, 6.45) is 2.34. The summed E-state index contributed by atoms with van der Waals surface area (Å²) in [6.45, 7) is 16.6. The van der Waals surface area contributed by atoms with E-state index in [9.17, 15) is 29.2 Å². The van der Waals surface area contributed by atoms with Crippen molar-refractivity contribution in [2.45, 2.75) is 71.6 Å². The lowest BCUT2D eigenvalue weighted by Gasteiger charge is -2.63. The van der Waals surface area contributed by atoms with Gasteiger partial charge in [0, 0.05) is 92.1 Å². The highest BCUT2D eigenvalue weighted by atomic mass is 35.5.